The molecule has 0 spiro atoms. The normalized spacial score (nSPS) is 10.8. The fourth-order valence-electron chi connectivity index (χ4n) is 2.25. The van der Waals surface area contributed by atoms with Gasteiger partial charge in [-0.15, -0.1) is 0 Å². The van der Waals surface area contributed by atoms with Crippen LogP contribution < -0.4 is 0 Å². The molecule has 0 aliphatic carbocycles. The van der Waals surface area contributed by atoms with E-state index < -0.39 is 0 Å². The summed E-state index contributed by atoms with van der Waals surface area (Å²) in [5.74, 6) is 0. The van der Waals surface area contributed by atoms with Crippen molar-refractivity contribution >= 4 is 10.9 Å². The van der Waals surface area contributed by atoms with Gasteiger partial charge in [0.1, 0.15) is 0 Å². The van der Waals surface area contributed by atoms with Crippen molar-refractivity contribution < 1.29 is 0 Å². The number of nitrogens with zero attached hydrogens (tertiary/aromatic N) is 2. The van der Waals surface area contributed by atoms with E-state index in [-0.39, 0.29) is 0 Å². The Kier molecular flexibility index (Phi) is 2.56. The van der Waals surface area contributed by atoms with Gasteiger partial charge in [-0.2, -0.15) is 0 Å². The Morgan fingerprint density at radius 2 is 1.78 bits per heavy atom. The van der Waals surface area contributed by atoms with Crippen LogP contribution in [0.2, 0.25) is 0 Å². The minimum Gasteiger partial charge on any atom is -0.264 e. The summed E-state index contributed by atoms with van der Waals surface area (Å²) >= 11 is 0. The number of pyridine rings is 2. The number of aromatic nitrogens is 2. The van der Waals surface area contributed by atoms with Gasteiger partial charge in [0.25, 0.3) is 0 Å². The Morgan fingerprint density at radius 3 is 2.56 bits per heavy atom. The van der Waals surface area contributed by atoms with E-state index in [1.807, 2.05) is 18.5 Å². The van der Waals surface area contributed by atoms with Crippen LogP contribution in [0.3, 0.4) is 0 Å². The second-order valence-corrected chi connectivity index (χ2v) is 4.64. The van der Waals surface area contributed by atoms with Crippen LogP contribution in [0.5, 0.6) is 0 Å². The lowest BCUT2D eigenvalue weighted by Gasteiger charge is -2.08. The van der Waals surface area contributed by atoms with E-state index in [1.54, 1.807) is 6.20 Å². The molecule has 0 amide bonds. The van der Waals surface area contributed by atoms with Gasteiger partial charge in [0.2, 0.25) is 0 Å². The largest absolute Gasteiger partial charge is 0.264 e. The van der Waals surface area contributed by atoms with Gasteiger partial charge in [-0.1, -0.05) is 6.07 Å². The molecule has 18 heavy (non-hydrogen) atoms. The monoisotopic (exact) mass is 234 g/mol. The number of hydrogen-bond donors (Lipinski definition) is 0. The molecule has 0 unspecified atom stereocenters. The summed E-state index contributed by atoms with van der Waals surface area (Å²) in [5.41, 5.74) is 5.74. The smallest absolute Gasteiger partial charge is 0.0781 e. The molecule has 3 aromatic rings. The van der Waals surface area contributed by atoms with E-state index in [0.29, 0.717) is 0 Å². The molecule has 0 aliphatic heterocycles. The first kappa shape index (κ1) is 10.9. The zero-order valence-electron chi connectivity index (χ0n) is 10.5. The van der Waals surface area contributed by atoms with Crippen molar-refractivity contribution in [2.45, 2.75) is 13.8 Å². The van der Waals surface area contributed by atoms with E-state index in [2.05, 4.69) is 48.1 Å². The third kappa shape index (κ3) is 1.86. The Hall–Kier alpha value is -2.22. The molecule has 2 heterocycles. The summed E-state index contributed by atoms with van der Waals surface area (Å²) in [6, 6.07) is 10.5. The fraction of sp³-hybridized carbons (Fsp3) is 0.125. The van der Waals surface area contributed by atoms with E-state index >= 15 is 0 Å². The Bertz CT molecular complexity index is 698. The molecular formula is C16H14N2. The first-order valence-corrected chi connectivity index (χ1v) is 6.01. The number of hydrogen-bond acceptors (Lipinski definition) is 2. The topological polar surface area (TPSA) is 25.8 Å². The van der Waals surface area contributed by atoms with Crippen molar-refractivity contribution in [1.29, 1.82) is 0 Å². The van der Waals surface area contributed by atoms with E-state index in [9.17, 15) is 0 Å². The van der Waals surface area contributed by atoms with Gasteiger partial charge >= 0.3 is 0 Å². The molecule has 0 saturated heterocycles. The highest BCUT2D eigenvalue weighted by atomic mass is 14.7. The molecule has 0 saturated carbocycles. The molecule has 0 radical (unpaired) electrons. The average molecular weight is 234 g/mol. The average Bonchev–Trinajstić information content (AvgIpc) is 2.38. The van der Waals surface area contributed by atoms with Gasteiger partial charge in [-0.25, -0.2) is 0 Å². The second-order valence-electron chi connectivity index (χ2n) is 4.64. The van der Waals surface area contributed by atoms with Crippen LogP contribution in [0.1, 0.15) is 11.1 Å². The summed E-state index contributed by atoms with van der Waals surface area (Å²) in [5, 5.41) is 1.19. The molecule has 0 fully saturated rings. The number of aryl methyl sites for hydroxylation is 2. The fourth-order valence-corrected chi connectivity index (χ4v) is 2.25. The molecule has 3 rings (SSSR count). The molecule has 2 nitrogen and oxygen atoms in total. The highest BCUT2D eigenvalue weighted by molar-refractivity contribution is 5.94. The summed E-state index contributed by atoms with van der Waals surface area (Å²) in [6.45, 7) is 4.18. The summed E-state index contributed by atoms with van der Waals surface area (Å²) < 4.78 is 0. The van der Waals surface area contributed by atoms with Gasteiger partial charge in [-0.3, -0.25) is 9.97 Å². The maximum absolute atomic E-state index is 4.57. The van der Waals surface area contributed by atoms with Crippen molar-refractivity contribution in [3.8, 4) is 11.1 Å². The lowest BCUT2D eigenvalue weighted by Crippen LogP contribution is -1.88. The Morgan fingerprint density at radius 1 is 0.944 bits per heavy atom. The Labute approximate surface area is 106 Å². The molecule has 0 bridgehead atoms. The van der Waals surface area contributed by atoms with Gasteiger partial charge < -0.3 is 0 Å². The first-order chi connectivity index (χ1) is 8.74. The van der Waals surface area contributed by atoms with Gasteiger partial charge in [0.15, 0.2) is 0 Å². The third-order valence-electron chi connectivity index (χ3n) is 3.04. The van der Waals surface area contributed by atoms with Crippen LogP contribution in [-0.4, -0.2) is 9.97 Å². The van der Waals surface area contributed by atoms with Crippen molar-refractivity contribution in [3.05, 3.63) is 60.0 Å². The molecule has 88 valence electrons. The van der Waals surface area contributed by atoms with Crippen LogP contribution in [0, 0.1) is 13.8 Å². The molecular weight excluding hydrogens is 220 g/mol. The SMILES string of the molecule is Cc1cnc2c(-c3cccnc3)cc(C)cc2c1. The summed E-state index contributed by atoms with van der Waals surface area (Å²) in [7, 11) is 0. The van der Waals surface area contributed by atoms with Crippen molar-refractivity contribution in [2.24, 2.45) is 0 Å². The van der Waals surface area contributed by atoms with Crippen LogP contribution in [0.25, 0.3) is 22.0 Å². The quantitative estimate of drug-likeness (QED) is 0.638. The molecule has 2 heteroatoms. The van der Waals surface area contributed by atoms with Crippen molar-refractivity contribution in [2.75, 3.05) is 0 Å². The Balaban J connectivity index is 2.35. The minimum atomic E-state index is 1.04. The van der Waals surface area contributed by atoms with Crippen LogP contribution in [0.15, 0.2) is 48.9 Å². The molecule has 2 aromatic heterocycles. The highest BCUT2D eigenvalue weighted by Crippen LogP contribution is 2.28. The lowest BCUT2D eigenvalue weighted by molar-refractivity contribution is 1.31. The predicted molar refractivity (Wildman–Crippen MR) is 74.4 cm³/mol. The van der Waals surface area contributed by atoms with Crippen LogP contribution in [-0.2, 0) is 0 Å². The van der Waals surface area contributed by atoms with Gasteiger partial charge in [-0.05, 0) is 49.2 Å². The molecule has 0 aliphatic rings. The predicted octanol–water partition coefficient (Wildman–Crippen LogP) is 3.91. The van der Waals surface area contributed by atoms with E-state index in [4.69, 9.17) is 0 Å². The molecule has 0 N–H and O–H groups in total. The molecule has 0 atom stereocenters. The number of benzene rings is 1. The van der Waals surface area contributed by atoms with Gasteiger partial charge in [0, 0.05) is 35.1 Å². The number of rotatable bonds is 1. The van der Waals surface area contributed by atoms with Crippen LogP contribution in [0.4, 0.5) is 0 Å². The second kappa shape index (κ2) is 4.22. The maximum Gasteiger partial charge on any atom is 0.0781 e. The van der Waals surface area contributed by atoms with Crippen molar-refractivity contribution in [3.63, 3.8) is 0 Å². The zero-order chi connectivity index (χ0) is 12.5. The standard InChI is InChI=1S/C16H14N2/c1-11-6-14-7-12(2)9-18-16(14)15(8-11)13-4-3-5-17-10-13/h3-10H,1-2H3. The number of fused-ring (bicyclic) bond motifs is 1. The summed E-state index contributed by atoms with van der Waals surface area (Å²) in [6.07, 6.45) is 5.59. The van der Waals surface area contributed by atoms with E-state index in [1.165, 1.54) is 16.5 Å². The van der Waals surface area contributed by atoms with Crippen LogP contribution >= 0.6 is 0 Å². The van der Waals surface area contributed by atoms with Gasteiger partial charge in [0.05, 0.1) is 5.52 Å². The third-order valence-corrected chi connectivity index (χ3v) is 3.04. The maximum atomic E-state index is 4.57. The van der Waals surface area contributed by atoms with Crippen molar-refractivity contribution in [1.82, 2.24) is 9.97 Å². The lowest BCUT2D eigenvalue weighted by atomic mass is 10.00. The first-order valence-electron chi connectivity index (χ1n) is 6.01. The minimum absolute atomic E-state index is 1.04. The van der Waals surface area contributed by atoms with E-state index in [0.717, 1.165) is 16.6 Å². The highest BCUT2D eigenvalue weighted by Gasteiger charge is 2.06. The zero-order valence-corrected chi connectivity index (χ0v) is 10.5. The summed E-state index contributed by atoms with van der Waals surface area (Å²) in [4.78, 5) is 8.76. The molecule has 1 aromatic carbocycles.